The van der Waals surface area contributed by atoms with Gasteiger partial charge in [0.05, 0.1) is 5.25 Å². The van der Waals surface area contributed by atoms with Crippen molar-refractivity contribution in [1.82, 2.24) is 20.2 Å². The summed E-state index contributed by atoms with van der Waals surface area (Å²) in [5, 5.41) is 12.2. The van der Waals surface area contributed by atoms with Crippen molar-refractivity contribution in [2.24, 2.45) is 0 Å². The Labute approximate surface area is 142 Å². The first kappa shape index (κ1) is 17.4. The van der Waals surface area contributed by atoms with E-state index in [0.717, 1.165) is 17.8 Å². The Balaban J connectivity index is 2.02. The highest BCUT2D eigenvalue weighted by atomic mass is 32.2. The van der Waals surface area contributed by atoms with Crippen LogP contribution in [0, 0.1) is 0 Å². The SMILES string of the molecule is CCCc1nnc(NC(=O)[C@@H](CC)Sc2nc(N)cc(N)n2)s1. The third kappa shape index (κ3) is 5.03. The van der Waals surface area contributed by atoms with Crippen molar-refractivity contribution in [3.8, 4) is 0 Å². The van der Waals surface area contributed by atoms with E-state index in [1.165, 1.54) is 29.2 Å². The molecule has 0 radical (unpaired) electrons. The Morgan fingerprint density at radius 2 is 2.00 bits per heavy atom. The number of carbonyl (C=O) groups excluding carboxylic acids is 1. The summed E-state index contributed by atoms with van der Waals surface area (Å²) in [6.45, 7) is 3.98. The zero-order chi connectivity index (χ0) is 16.8. The van der Waals surface area contributed by atoms with E-state index >= 15 is 0 Å². The lowest BCUT2D eigenvalue weighted by Gasteiger charge is -2.12. The molecule has 0 unspecified atom stereocenters. The van der Waals surface area contributed by atoms with Gasteiger partial charge in [0.1, 0.15) is 16.6 Å². The van der Waals surface area contributed by atoms with Crippen LogP contribution in [0.25, 0.3) is 0 Å². The number of hydrogen-bond acceptors (Lipinski definition) is 9. The molecule has 1 amide bonds. The number of carbonyl (C=O) groups is 1. The molecule has 0 aliphatic rings. The molecule has 0 saturated carbocycles. The number of nitrogens with two attached hydrogens (primary N) is 2. The summed E-state index contributed by atoms with van der Waals surface area (Å²) in [6.07, 6.45) is 2.45. The maximum absolute atomic E-state index is 12.4. The van der Waals surface area contributed by atoms with Gasteiger partial charge in [-0.3, -0.25) is 10.1 Å². The number of amides is 1. The molecule has 10 heteroatoms. The van der Waals surface area contributed by atoms with E-state index in [-0.39, 0.29) is 22.8 Å². The van der Waals surface area contributed by atoms with Crippen molar-refractivity contribution >= 4 is 45.8 Å². The van der Waals surface area contributed by atoms with Crippen LogP contribution in [0.15, 0.2) is 11.2 Å². The summed E-state index contributed by atoms with van der Waals surface area (Å²) in [7, 11) is 0. The molecule has 0 bridgehead atoms. The number of rotatable bonds is 7. The molecule has 0 aromatic carbocycles. The molecule has 23 heavy (non-hydrogen) atoms. The van der Waals surface area contributed by atoms with Gasteiger partial charge in [-0.15, -0.1) is 10.2 Å². The third-order valence-corrected chi connectivity index (χ3v) is 4.94. The van der Waals surface area contributed by atoms with Gasteiger partial charge in [0.15, 0.2) is 5.16 Å². The molecule has 1 atom stereocenters. The number of aromatic nitrogens is 4. The first-order chi connectivity index (χ1) is 11.0. The van der Waals surface area contributed by atoms with E-state index in [1.54, 1.807) is 0 Å². The van der Waals surface area contributed by atoms with Crippen LogP contribution in [-0.4, -0.2) is 31.3 Å². The Hall–Kier alpha value is -1.94. The second-order valence-electron chi connectivity index (χ2n) is 4.76. The normalized spacial score (nSPS) is 12.1. The topological polar surface area (TPSA) is 133 Å². The van der Waals surface area contributed by atoms with Crippen molar-refractivity contribution in [1.29, 1.82) is 0 Å². The minimum Gasteiger partial charge on any atom is -0.383 e. The van der Waals surface area contributed by atoms with Gasteiger partial charge in [0, 0.05) is 12.5 Å². The van der Waals surface area contributed by atoms with Gasteiger partial charge >= 0.3 is 0 Å². The zero-order valence-corrected chi connectivity index (χ0v) is 14.6. The average Bonchev–Trinajstić information content (AvgIpc) is 2.91. The second-order valence-corrected chi connectivity index (χ2v) is 6.99. The molecular weight excluding hydrogens is 334 g/mol. The van der Waals surface area contributed by atoms with Crippen LogP contribution >= 0.6 is 23.1 Å². The van der Waals surface area contributed by atoms with Gasteiger partial charge in [-0.25, -0.2) is 9.97 Å². The van der Waals surface area contributed by atoms with Crippen molar-refractivity contribution in [2.75, 3.05) is 16.8 Å². The molecule has 124 valence electrons. The van der Waals surface area contributed by atoms with Crippen LogP contribution in [0.4, 0.5) is 16.8 Å². The largest absolute Gasteiger partial charge is 0.383 e. The lowest BCUT2D eigenvalue weighted by Crippen LogP contribution is -2.24. The maximum Gasteiger partial charge on any atom is 0.239 e. The summed E-state index contributed by atoms with van der Waals surface area (Å²) in [5.74, 6) is 0.397. The zero-order valence-electron chi connectivity index (χ0n) is 12.9. The van der Waals surface area contributed by atoms with E-state index in [0.29, 0.717) is 16.7 Å². The van der Waals surface area contributed by atoms with Crippen molar-refractivity contribution in [3.05, 3.63) is 11.1 Å². The monoisotopic (exact) mass is 353 g/mol. The molecule has 0 aliphatic heterocycles. The molecular formula is C13H19N7OS2. The summed E-state index contributed by atoms with van der Waals surface area (Å²) < 4.78 is 0. The molecule has 2 aromatic rings. The van der Waals surface area contributed by atoms with Gasteiger partial charge in [0.25, 0.3) is 0 Å². The summed E-state index contributed by atoms with van der Waals surface area (Å²) in [6, 6.07) is 1.47. The van der Waals surface area contributed by atoms with E-state index in [1.807, 2.05) is 6.92 Å². The van der Waals surface area contributed by atoms with Gasteiger partial charge < -0.3 is 11.5 Å². The fraction of sp³-hybridized carbons (Fsp3) is 0.462. The molecule has 2 heterocycles. The first-order valence-corrected chi connectivity index (χ1v) is 8.91. The smallest absolute Gasteiger partial charge is 0.239 e. The van der Waals surface area contributed by atoms with E-state index in [2.05, 4.69) is 32.4 Å². The lowest BCUT2D eigenvalue weighted by atomic mass is 10.3. The minimum atomic E-state index is -0.366. The van der Waals surface area contributed by atoms with Crippen LogP contribution in [0.3, 0.4) is 0 Å². The Kier molecular flexibility index (Phi) is 6.11. The Morgan fingerprint density at radius 3 is 2.61 bits per heavy atom. The van der Waals surface area contributed by atoms with Gasteiger partial charge in [-0.1, -0.05) is 36.9 Å². The molecule has 8 nitrogen and oxygen atoms in total. The highest BCUT2D eigenvalue weighted by Crippen LogP contribution is 2.25. The number of aryl methyl sites for hydroxylation is 1. The molecule has 5 N–H and O–H groups in total. The van der Waals surface area contributed by atoms with E-state index < -0.39 is 0 Å². The van der Waals surface area contributed by atoms with Crippen LogP contribution in [-0.2, 0) is 11.2 Å². The number of nitrogen functional groups attached to an aromatic ring is 2. The maximum atomic E-state index is 12.4. The third-order valence-electron chi connectivity index (χ3n) is 2.82. The molecule has 0 saturated heterocycles. The van der Waals surface area contributed by atoms with Gasteiger partial charge in [0.2, 0.25) is 11.0 Å². The lowest BCUT2D eigenvalue weighted by molar-refractivity contribution is -0.115. The second kappa shape index (κ2) is 8.06. The predicted molar refractivity (Wildman–Crippen MR) is 93.3 cm³/mol. The molecule has 2 aromatic heterocycles. The van der Waals surface area contributed by atoms with Crippen molar-refractivity contribution < 1.29 is 4.79 Å². The fourth-order valence-electron chi connectivity index (χ4n) is 1.77. The quantitative estimate of drug-likeness (QED) is 0.508. The fourth-order valence-corrected chi connectivity index (χ4v) is 3.52. The van der Waals surface area contributed by atoms with E-state index in [9.17, 15) is 4.79 Å². The number of nitrogens with zero attached hydrogens (tertiary/aromatic N) is 4. The highest BCUT2D eigenvalue weighted by molar-refractivity contribution is 8.00. The van der Waals surface area contributed by atoms with Crippen LogP contribution in [0.1, 0.15) is 31.7 Å². The van der Waals surface area contributed by atoms with Gasteiger partial charge in [-0.05, 0) is 12.8 Å². The minimum absolute atomic E-state index is 0.165. The van der Waals surface area contributed by atoms with Crippen LogP contribution in [0.5, 0.6) is 0 Å². The number of hydrogen-bond donors (Lipinski definition) is 3. The van der Waals surface area contributed by atoms with Crippen molar-refractivity contribution in [2.45, 2.75) is 43.5 Å². The molecule has 0 fully saturated rings. The van der Waals surface area contributed by atoms with Crippen molar-refractivity contribution in [3.63, 3.8) is 0 Å². The Morgan fingerprint density at radius 1 is 1.30 bits per heavy atom. The van der Waals surface area contributed by atoms with Gasteiger partial charge in [-0.2, -0.15) is 0 Å². The molecule has 0 spiro atoms. The first-order valence-electron chi connectivity index (χ1n) is 7.21. The summed E-state index contributed by atoms with van der Waals surface area (Å²) in [4.78, 5) is 20.5. The van der Waals surface area contributed by atoms with Crippen LogP contribution < -0.4 is 16.8 Å². The number of thioether (sulfide) groups is 1. The highest BCUT2D eigenvalue weighted by Gasteiger charge is 2.21. The van der Waals surface area contributed by atoms with E-state index in [4.69, 9.17) is 11.5 Å². The summed E-state index contributed by atoms with van der Waals surface area (Å²) in [5.41, 5.74) is 11.3. The Bertz CT molecular complexity index is 656. The average molecular weight is 353 g/mol. The summed E-state index contributed by atoms with van der Waals surface area (Å²) >= 11 is 2.61. The predicted octanol–water partition coefficient (Wildman–Crippen LogP) is 1.95. The molecule has 2 rings (SSSR count). The van der Waals surface area contributed by atoms with Crippen LogP contribution in [0.2, 0.25) is 0 Å². The standard InChI is InChI=1S/C13H19N7OS2/c1-3-5-10-19-20-13(23-10)18-11(21)7(4-2)22-12-16-8(14)6-9(15)17-12/h6-7H,3-5H2,1-2H3,(H,18,20,21)(H4,14,15,16,17)/t7-/m1/s1. The number of anilines is 3. The molecule has 0 aliphatic carbocycles. The number of nitrogens with one attached hydrogen (secondary N) is 1.